The quantitative estimate of drug-likeness (QED) is 0.789. The summed E-state index contributed by atoms with van der Waals surface area (Å²) < 4.78 is 4.74. The van der Waals surface area contributed by atoms with Crippen LogP contribution in [0.4, 0.5) is 10.5 Å². The Morgan fingerprint density at radius 2 is 2.08 bits per heavy atom. The Labute approximate surface area is 147 Å². The number of benzene rings is 1. The van der Waals surface area contributed by atoms with Gasteiger partial charge in [0.05, 0.1) is 6.61 Å². The minimum atomic E-state index is -0.494. The number of nitrogens with zero attached hydrogens (tertiary/aromatic N) is 1. The number of alkyl carbamates (subject to hydrolysis) is 1. The number of hydrogen-bond acceptors (Lipinski definition) is 5. The maximum absolute atomic E-state index is 11.9. The van der Waals surface area contributed by atoms with Crippen LogP contribution in [-0.2, 0) is 16.1 Å². The van der Waals surface area contributed by atoms with Gasteiger partial charge in [0.1, 0.15) is 0 Å². The lowest BCUT2D eigenvalue weighted by Gasteiger charge is -2.26. The molecule has 2 rings (SSSR count). The van der Waals surface area contributed by atoms with Gasteiger partial charge in [0.15, 0.2) is 0 Å². The number of anilines is 1. The van der Waals surface area contributed by atoms with Crippen molar-refractivity contribution in [1.29, 1.82) is 0 Å². The monoisotopic (exact) mass is 351 g/mol. The van der Waals surface area contributed by atoms with Crippen LogP contribution in [0.15, 0.2) is 24.3 Å². The van der Waals surface area contributed by atoms with E-state index in [0.717, 1.165) is 25.3 Å². The second-order valence-electron chi connectivity index (χ2n) is 5.53. The molecule has 1 saturated heterocycles. The third kappa shape index (κ3) is 6.80. The van der Waals surface area contributed by atoms with Crippen LogP contribution in [0.25, 0.3) is 0 Å². The van der Waals surface area contributed by atoms with Gasteiger partial charge in [-0.05, 0) is 24.6 Å². The summed E-state index contributed by atoms with van der Waals surface area (Å²) in [7, 11) is 0. The molecule has 24 heavy (non-hydrogen) atoms. The van der Waals surface area contributed by atoms with Gasteiger partial charge in [-0.25, -0.2) is 4.79 Å². The molecule has 0 atom stereocenters. The molecule has 0 unspecified atom stereocenters. The molecule has 2 N–H and O–H groups in total. The van der Waals surface area contributed by atoms with Gasteiger partial charge in [0.2, 0.25) is 5.91 Å². The lowest BCUT2D eigenvalue weighted by atomic mass is 10.2. The largest absolute Gasteiger partial charge is 0.450 e. The average molecular weight is 351 g/mol. The molecular weight excluding hydrogens is 326 g/mol. The van der Waals surface area contributed by atoms with Gasteiger partial charge < -0.3 is 15.4 Å². The maximum atomic E-state index is 11.9. The highest BCUT2D eigenvalue weighted by molar-refractivity contribution is 7.99. The van der Waals surface area contributed by atoms with Crippen molar-refractivity contribution in [2.45, 2.75) is 19.9 Å². The first kappa shape index (κ1) is 18.6. The van der Waals surface area contributed by atoms with E-state index in [1.165, 1.54) is 17.1 Å². The van der Waals surface area contributed by atoms with E-state index in [1.807, 2.05) is 30.0 Å². The van der Waals surface area contributed by atoms with Crippen LogP contribution < -0.4 is 10.6 Å². The summed E-state index contributed by atoms with van der Waals surface area (Å²) in [6, 6.07) is 7.94. The van der Waals surface area contributed by atoms with E-state index in [4.69, 9.17) is 4.74 Å². The highest BCUT2D eigenvalue weighted by Gasteiger charge is 2.11. The third-order valence-electron chi connectivity index (χ3n) is 3.62. The van der Waals surface area contributed by atoms with Crippen molar-refractivity contribution in [2.24, 2.45) is 0 Å². The minimum Gasteiger partial charge on any atom is -0.450 e. The van der Waals surface area contributed by atoms with Gasteiger partial charge in [0, 0.05) is 49.8 Å². The van der Waals surface area contributed by atoms with Gasteiger partial charge in [0.25, 0.3) is 0 Å². The summed E-state index contributed by atoms with van der Waals surface area (Å²) in [5.41, 5.74) is 1.99. The molecule has 0 saturated carbocycles. The number of carbonyl (C=O) groups is 2. The van der Waals surface area contributed by atoms with Crippen LogP contribution in [-0.4, -0.2) is 54.6 Å². The fourth-order valence-corrected chi connectivity index (χ4v) is 3.43. The second-order valence-corrected chi connectivity index (χ2v) is 6.76. The zero-order valence-electron chi connectivity index (χ0n) is 14.0. The van der Waals surface area contributed by atoms with E-state index in [2.05, 4.69) is 21.6 Å². The fourth-order valence-electron chi connectivity index (χ4n) is 2.45. The van der Waals surface area contributed by atoms with Crippen molar-refractivity contribution in [3.63, 3.8) is 0 Å². The minimum absolute atomic E-state index is 0.127. The van der Waals surface area contributed by atoms with E-state index < -0.39 is 6.09 Å². The number of rotatable bonds is 7. The summed E-state index contributed by atoms with van der Waals surface area (Å²) in [5, 5.41) is 5.41. The molecule has 0 bridgehead atoms. The Bertz CT molecular complexity index is 548. The summed E-state index contributed by atoms with van der Waals surface area (Å²) in [4.78, 5) is 25.5. The smallest absolute Gasteiger partial charge is 0.407 e. The SMILES string of the molecule is CCOC(=O)NCCC(=O)Nc1cccc(CN2CCSCC2)c1. The molecule has 0 aliphatic carbocycles. The zero-order chi connectivity index (χ0) is 17.2. The highest BCUT2D eigenvalue weighted by Crippen LogP contribution is 2.16. The summed E-state index contributed by atoms with van der Waals surface area (Å²) in [6.07, 6.45) is -0.279. The Kier molecular flexibility index (Phi) is 7.91. The van der Waals surface area contributed by atoms with E-state index in [9.17, 15) is 9.59 Å². The summed E-state index contributed by atoms with van der Waals surface area (Å²) in [6.45, 7) is 5.45. The molecule has 1 aliphatic heterocycles. The van der Waals surface area contributed by atoms with Gasteiger partial charge in [-0.2, -0.15) is 11.8 Å². The van der Waals surface area contributed by atoms with Crippen LogP contribution >= 0.6 is 11.8 Å². The fraction of sp³-hybridized carbons (Fsp3) is 0.529. The predicted molar refractivity (Wildman–Crippen MR) is 97.3 cm³/mol. The van der Waals surface area contributed by atoms with Crippen molar-refractivity contribution in [2.75, 3.05) is 43.1 Å². The lowest BCUT2D eigenvalue weighted by Crippen LogP contribution is -2.32. The van der Waals surface area contributed by atoms with E-state index in [0.29, 0.717) is 6.61 Å². The van der Waals surface area contributed by atoms with Crippen LogP contribution in [0.5, 0.6) is 0 Å². The first-order valence-corrected chi connectivity index (χ1v) is 9.42. The number of carbonyl (C=O) groups excluding carboxylic acids is 2. The van der Waals surface area contributed by atoms with Crippen molar-refractivity contribution in [3.8, 4) is 0 Å². The number of ether oxygens (including phenoxy) is 1. The number of amides is 2. The first-order chi connectivity index (χ1) is 11.7. The van der Waals surface area contributed by atoms with Gasteiger partial charge in [-0.3, -0.25) is 9.69 Å². The highest BCUT2D eigenvalue weighted by atomic mass is 32.2. The molecule has 1 fully saturated rings. The van der Waals surface area contributed by atoms with Crippen LogP contribution in [0, 0.1) is 0 Å². The third-order valence-corrected chi connectivity index (χ3v) is 4.56. The van der Waals surface area contributed by atoms with Gasteiger partial charge in [-0.1, -0.05) is 12.1 Å². The van der Waals surface area contributed by atoms with Crippen molar-refractivity contribution < 1.29 is 14.3 Å². The number of nitrogens with one attached hydrogen (secondary N) is 2. The normalized spacial score (nSPS) is 14.9. The maximum Gasteiger partial charge on any atom is 0.407 e. The summed E-state index contributed by atoms with van der Waals surface area (Å²) in [5.74, 6) is 2.24. The van der Waals surface area contributed by atoms with Crippen molar-refractivity contribution in [1.82, 2.24) is 10.2 Å². The predicted octanol–water partition coefficient (Wildman–Crippen LogP) is 2.31. The van der Waals surface area contributed by atoms with E-state index in [-0.39, 0.29) is 18.9 Å². The second kappa shape index (κ2) is 10.2. The Morgan fingerprint density at radius 1 is 1.29 bits per heavy atom. The van der Waals surface area contributed by atoms with Crippen LogP contribution in [0.1, 0.15) is 18.9 Å². The molecule has 0 aromatic heterocycles. The Balaban J connectivity index is 1.76. The van der Waals surface area contributed by atoms with E-state index in [1.54, 1.807) is 6.92 Å². The molecule has 1 aliphatic rings. The Hall–Kier alpha value is -1.73. The van der Waals surface area contributed by atoms with Gasteiger partial charge >= 0.3 is 6.09 Å². The first-order valence-electron chi connectivity index (χ1n) is 8.27. The molecule has 2 amide bonds. The molecule has 1 aromatic carbocycles. The number of thioether (sulfide) groups is 1. The van der Waals surface area contributed by atoms with E-state index >= 15 is 0 Å². The standard InChI is InChI=1S/C17H25N3O3S/c1-2-23-17(22)18-7-6-16(21)19-15-5-3-4-14(12-15)13-20-8-10-24-11-9-20/h3-5,12H,2,6-11,13H2,1H3,(H,18,22)(H,19,21). The topological polar surface area (TPSA) is 70.7 Å². The molecule has 1 heterocycles. The molecule has 7 heteroatoms. The molecule has 1 aromatic rings. The van der Waals surface area contributed by atoms with Crippen molar-refractivity contribution in [3.05, 3.63) is 29.8 Å². The molecule has 0 spiro atoms. The van der Waals surface area contributed by atoms with Crippen LogP contribution in [0.2, 0.25) is 0 Å². The Morgan fingerprint density at radius 3 is 2.83 bits per heavy atom. The molecule has 6 nitrogen and oxygen atoms in total. The molecule has 0 radical (unpaired) electrons. The van der Waals surface area contributed by atoms with Crippen LogP contribution in [0.3, 0.4) is 0 Å². The number of hydrogen-bond donors (Lipinski definition) is 2. The summed E-state index contributed by atoms with van der Waals surface area (Å²) >= 11 is 2.00. The molecule has 132 valence electrons. The van der Waals surface area contributed by atoms with Crippen molar-refractivity contribution >= 4 is 29.4 Å². The molecular formula is C17H25N3O3S. The lowest BCUT2D eigenvalue weighted by molar-refractivity contribution is -0.116. The average Bonchev–Trinajstić information content (AvgIpc) is 2.56. The zero-order valence-corrected chi connectivity index (χ0v) is 14.9. The van der Waals surface area contributed by atoms with Gasteiger partial charge in [-0.15, -0.1) is 0 Å².